The first-order valence-electron chi connectivity index (χ1n) is 6.54. The van der Waals surface area contributed by atoms with Gasteiger partial charge in [-0.15, -0.1) is 0 Å². The molecule has 122 valence electrons. The van der Waals surface area contributed by atoms with Crippen LogP contribution in [0.5, 0.6) is 0 Å². The number of carbonyl (C=O) groups is 2. The molecule has 1 unspecified atom stereocenters. The summed E-state index contributed by atoms with van der Waals surface area (Å²) in [7, 11) is 0. The molecule has 0 spiro atoms. The summed E-state index contributed by atoms with van der Waals surface area (Å²) in [6.45, 7) is -0.0237. The first kappa shape index (κ1) is 18.0. The average Bonchev–Trinajstić information content (AvgIpc) is 2.43. The monoisotopic (exact) mass is 319 g/mol. The van der Waals surface area contributed by atoms with E-state index >= 15 is 0 Å². The second-order valence-electron chi connectivity index (χ2n) is 4.69. The van der Waals surface area contributed by atoms with Crippen molar-refractivity contribution in [2.45, 2.75) is 31.5 Å². The predicted octanol–water partition coefficient (Wildman–Crippen LogP) is 2.27. The number of carboxylic acid groups (broad SMARTS) is 1. The van der Waals surface area contributed by atoms with Crippen molar-refractivity contribution in [1.82, 2.24) is 5.32 Å². The zero-order valence-electron chi connectivity index (χ0n) is 11.6. The molecule has 1 rings (SSSR count). The first-order chi connectivity index (χ1) is 10.2. The summed E-state index contributed by atoms with van der Waals surface area (Å²) in [6, 6.07) is 5.46. The maximum Gasteiger partial charge on any atom is 0.389 e. The fourth-order valence-corrected chi connectivity index (χ4v) is 1.71. The van der Waals surface area contributed by atoms with E-state index in [4.69, 9.17) is 5.11 Å². The summed E-state index contributed by atoms with van der Waals surface area (Å²) in [5.74, 6) is -1.53. The summed E-state index contributed by atoms with van der Waals surface area (Å²) >= 11 is 0. The van der Waals surface area contributed by atoms with E-state index in [9.17, 15) is 27.9 Å². The topological polar surface area (TPSA) is 86.6 Å². The van der Waals surface area contributed by atoms with Crippen LogP contribution in [0, 0.1) is 0 Å². The lowest BCUT2D eigenvalue weighted by Crippen LogP contribution is -2.25. The van der Waals surface area contributed by atoms with Crippen molar-refractivity contribution in [2.24, 2.45) is 0 Å². The Labute approximate surface area is 124 Å². The standard InChI is InChI=1S/C14H16F3NO4/c15-14(16,17)7-5-11(19)9-1-3-10(4-2-9)13(22)18-8-6-12(20)21/h1-4,11,19H,5-8H2,(H,18,22)(H,20,21). The van der Waals surface area contributed by atoms with E-state index in [0.717, 1.165) is 0 Å². The molecule has 0 radical (unpaired) electrons. The van der Waals surface area contributed by atoms with Gasteiger partial charge in [0.25, 0.3) is 5.91 Å². The van der Waals surface area contributed by atoms with Gasteiger partial charge in [-0.3, -0.25) is 9.59 Å². The Morgan fingerprint density at radius 1 is 1.18 bits per heavy atom. The Balaban J connectivity index is 2.54. The quantitative estimate of drug-likeness (QED) is 0.719. The van der Waals surface area contributed by atoms with Crippen molar-refractivity contribution in [3.05, 3.63) is 35.4 Å². The second-order valence-corrected chi connectivity index (χ2v) is 4.69. The molecule has 0 saturated heterocycles. The maximum absolute atomic E-state index is 12.1. The van der Waals surface area contributed by atoms with Gasteiger partial charge in [0.15, 0.2) is 0 Å². The van der Waals surface area contributed by atoms with Gasteiger partial charge in [0, 0.05) is 18.5 Å². The number of aliphatic carboxylic acids is 1. The number of benzene rings is 1. The Hall–Kier alpha value is -2.09. The van der Waals surface area contributed by atoms with Crippen LogP contribution >= 0.6 is 0 Å². The summed E-state index contributed by atoms with van der Waals surface area (Å²) in [6.07, 6.45) is -7.34. The van der Waals surface area contributed by atoms with E-state index in [1.165, 1.54) is 24.3 Å². The summed E-state index contributed by atoms with van der Waals surface area (Å²) in [4.78, 5) is 22.0. The van der Waals surface area contributed by atoms with Gasteiger partial charge in [0.05, 0.1) is 12.5 Å². The van der Waals surface area contributed by atoms with Gasteiger partial charge in [-0.25, -0.2) is 0 Å². The molecular formula is C14H16F3NO4. The molecule has 1 atom stereocenters. The van der Waals surface area contributed by atoms with Crippen LogP contribution in [-0.2, 0) is 4.79 Å². The number of carboxylic acids is 1. The molecule has 5 nitrogen and oxygen atoms in total. The van der Waals surface area contributed by atoms with Crippen LogP contribution in [0.25, 0.3) is 0 Å². The van der Waals surface area contributed by atoms with E-state index in [-0.39, 0.29) is 24.1 Å². The van der Waals surface area contributed by atoms with Crippen molar-refractivity contribution in [2.75, 3.05) is 6.54 Å². The van der Waals surface area contributed by atoms with Crippen LogP contribution in [0.3, 0.4) is 0 Å². The number of aliphatic hydroxyl groups is 1. The molecule has 22 heavy (non-hydrogen) atoms. The van der Waals surface area contributed by atoms with Gasteiger partial charge < -0.3 is 15.5 Å². The van der Waals surface area contributed by atoms with Gasteiger partial charge in [-0.05, 0) is 24.1 Å². The number of aliphatic hydroxyl groups excluding tert-OH is 1. The predicted molar refractivity (Wildman–Crippen MR) is 71.3 cm³/mol. The lowest BCUT2D eigenvalue weighted by atomic mass is 10.0. The number of nitrogens with one attached hydrogen (secondary N) is 1. The molecule has 0 saturated carbocycles. The lowest BCUT2D eigenvalue weighted by Gasteiger charge is -2.13. The van der Waals surface area contributed by atoms with E-state index in [2.05, 4.69) is 5.32 Å². The third-order valence-corrected chi connectivity index (χ3v) is 2.88. The molecule has 0 bridgehead atoms. The highest BCUT2D eigenvalue weighted by molar-refractivity contribution is 5.94. The summed E-state index contributed by atoms with van der Waals surface area (Å²) < 4.78 is 36.2. The van der Waals surface area contributed by atoms with Crippen LogP contribution in [0.1, 0.15) is 41.3 Å². The largest absolute Gasteiger partial charge is 0.481 e. The van der Waals surface area contributed by atoms with E-state index < -0.39 is 37.0 Å². The molecular weight excluding hydrogens is 303 g/mol. The summed E-state index contributed by atoms with van der Waals surface area (Å²) in [5, 5.41) is 20.5. The summed E-state index contributed by atoms with van der Waals surface area (Å²) in [5.41, 5.74) is 0.517. The van der Waals surface area contributed by atoms with Gasteiger partial charge in [-0.2, -0.15) is 13.2 Å². The molecule has 0 aliphatic carbocycles. The molecule has 0 fully saturated rings. The second kappa shape index (κ2) is 7.79. The molecule has 0 aliphatic heterocycles. The smallest absolute Gasteiger partial charge is 0.389 e. The van der Waals surface area contributed by atoms with Crippen LogP contribution in [-0.4, -0.2) is 34.8 Å². The minimum atomic E-state index is -4.33. The van der Waals surface area contributed by atoms with E-state index in [1.54, 1.807) is 0 Å². The number of hydrogen-bond acceptors (Lipinski definition) is 3. The highest BCUT2D eigenvalue weighted by atomic mass is 19.4. The Morgan fingerprint density at radius 2 is 1.77 bits per heavy atom. The van der Waals surface area contributed by atoms with E-state index in [0.29, 0.717) is 0 Å². The fourth-order valence-electron chi connectivity index (χ4n) is 1.71. The number of rotatable bonds is 7. The van der Waals surface area contributed by atoms with Gasteiger partial charge in [-0.1, -0.05) is 12.1 Å². The number of carbonyl (C=O) groups excluding carboxylic acids is 1. The van der Waals surface area contributed by atoms with Crippen LogP contribution in [0.4, 0.5) is 13.2 Å². The SMILES string of the molecule is O=C(O)CCNC(=O)c1ccc(C(O)CCC(F)(F)F)cc1. The zero-order valence-corrected chi connectivity index (χ0v) is 11.6. The Morgan fingerprint density at radius 3 is 2.27 bits per heavy atom. The number of alkyl halides is 3. The van der Waals surface area contributed by atoms with Gasteiger partial charge >= 0.3 is 12.1 Å². The molecule has 1 aromatic rings. The zero-order chi connectivity index (χ0) is 16.8. The molecule has 3 N–H and O–H groups in total. The average molecular weight is 319 g/mol. The molecule has 1 amide bonds. The highest BCUT2D eigenvalue weighted by Crippen LogP contribution is 2.27. The minimum Gasteiger partial charge on any atom is -0.481 e. The van der Waals surface area contributed by atoms with Gasteiger partial charge in [0.2, 0.25) is 0 Å². The third-order valence-electron chi connectivity index (χ3n) is 2.88. The van der Waals surface area contributed by atoms with Crippen molar-refractivity contribution in [3.63, 3.8) is 0 Å². The molecule has 0 aliphatic rings. The lowest BCUT2D eigenvalue weighted by molar-refractivity contribution is -0.140. The number of hydrogen-bond donors (Lipinski definition) is 3. The van der Waals surface area contributed by atoms with Crippen LogP contribution in [0.2, 0.25) is 0 Å². The Kier molecular flexibility index (Phi) is 6.36. The third kappa shape index (κ3) is 6.57. The molecule has 1 aromatic carbocycles. The molecule has 0 heterocycles. The van der Waals surface area contributed by atoms with Crippen molar-refractivity contribution in [3.8, 4) is 0 Å². The van der Waals surface area contributed by atoms with Crippen LogP contribution < -0.4 is 5.32 Å². The minimum absolute atomic E-state index is 0.0237. The molecule has 8 heteroatoms. The fraction of sp³-hybridized carbons (Fsp3) is 0.429. The van der Waals surface area contributed by atoms with Crippen molar-refractivity contribution < 1.29 is 33.0 Å². The molecule has 0 aromatic heterocycles. The highest BCUT2D eigenvalue weighted by Gasteiger charge is 2.28. The van der Waals surface area contributed by atoms with Crippen molar-refractivity contribution >= 4 is 11.9 Å². The van der Waals surface area contributed by atoms with Gasteiger partial charge in [0.1, 0.15) is 0 Å². The maximum atomic E-state index is 12.1. The van der Waals surface area contributed by atoms with Crippen LogP contribution in [0.15, 0.2) is 24.3 Å². The Bertz CT molecular complexity index is 514. The van der Waals surface area contributed by atoms with E-state index in [1.807, 2.05) is 0 Å². The first-order valence-corrected chi connectivity index (χ1v) is 6.54. The normalized spacial score (nSPS) is 12.7. The number of amides is 1. The number of halogens is 3. The van der Waals surface area contributed by atoms with Crippen molar-refractivity contribution in [1.29, 1.82) is 0 Å².